The van der Waals surface area contributed by atoms with E-state index in [-0.39, 0.29) is 0 Å². The van der Waals surface area contributed by atoms with Crippen LogP contribution in [0.3, 0.4) is 0 Å². The Hall–Kier alpha value is -2.02. The number of benzene rings is 2. The SMILES string of the molecule is CC(C)CN(C=C(c1ccccc1)c1ccccc1)CC(C)C. The van der Waals surface area contributed by atoms with Gasteiger partial charge in [-0.25, -0.2) is 0 Å². The van der Waals surface area contributed by atoms with Crippen molar-refractivity contribution in [2.75, 3.05) is 13.1 Å². The topological polar surface area (TPSA) is 3.24 Å². The fourth-order valence-corrected chi connectivity index (χ4v) is 2.85. The van der Waals surface area contributed by atoms with Gasteiger partial charge >= 0.3 is 0 Å². The minimum absolute atomic E-state index is 0.651. The largest absolute Gasteiger partial charge is 0.376 e. The van der Waals surface area contributed by atoms with Crippen LogP contribution < -0.4 is 0 Å². The first kappa shape index (κ1) is 17.3. The average molecular weight is 307 g/mol. The summed E-state index contributed by atoms with van der Waals surface area (Å²) in [5.74, 6) is 1.30. The minimum atomic E-state index is 0.651. The smallest absolute Gasteiger partial charge is 0.0195 e. The molecule has 23 heavy (non-hydrogen) atoms. The summed E-state index contributed by atoms with van der Waals surface area (Å²) in [6.07, 6.45) is 2.35. The van der Waals surface area contributed by atoms with Crippen molar-refractivity contribution in [3.63, 3.8) is 0 Å². The summed E-state index contributed by atoms with van der Waals surface area (Å²) < 4.78 is 0. The van der Waals surface area contributed by atoms with Crippen molar-refractivity contribution >= 4 is 5.57 Å². The predicted molar refractivity (Wildman–Crippen MR) is 101 cm³/mol. The van der Waals surface area contributed by atoms with Crippen LogP contribution in [0.25, 0.3) is 5.57 Å². The highest BCUT2D eigenvalue weighted by Crippen LogP contribution is 2.24. The number of hydrogen-bond acceptors (Lipinski definition) is 1. The van der Waals surface area contributed by atoms with Crippen molar-refractivity contribution < 1.29 is 0 Å². The first-order chi connectivity index (χ1) is 11.1. The van der Waals surface area contributed by atoms with Crippen LogP contribution in [0.4, 0.5) is 0 Å². The zero-order chi connectivity index (χ0) is 16.7. The van der Waals surface area contributed by atoms with Crippen molar-refractivity contribution in [2.24, 2.45) is 11.8 Å². The Kier molecular flexibility index (Phi) is 6.46. The van der Waals surface area contributed by atoms with Gasteiger partial charge in [-0.15, -0.1) is 0 Å². The molecular weight excluding hydrogens is 278 g/mol. The normalized spacial score (nSPS) is 10.9. The van der Waals surface area contributed by atoms with E-state index < -0.39 is 0 Å². The Bertz CT molecular complexity index is 545. The molecular formula is C22H29N. The lowest BCUT2D eigenvalue weighted by atomic mass is 9.98. The van der Waals surface area contributed by atoms with Crippen molar-refractivity contribution in [1.29, 1.82) is 0 Å². The van der Waals surface area contributed by atoms with E-state index in [0.29, 0.717) is 11.8 Å². The molecule has 0 atom stereocenters. The third kappa shape index (κ3) is 5.59. The summed E-state index contributed by atoms with van der Waals surface area (Å²) >= 11 is 0. The molecule has 0 bridgehead atoms. The first-order valence-corrected chi connectivity index (χ1v) is 8.63. The summed E-state index contributed by atoms with van der Waals surface area (Å²) in [6.45, 7) is 11.3. The maximum Gasteiger partial charge on any atom is 0.0195 e. The van der Waals surface area contributed by atoms with E-state index in [1.807, 2.05) is 0 Å². The molecule has 1 nitrogen and oxygen atoms in total. The van der Waals surface area contributed by atoms with Gasteiger partial charge in [-0.1, -0.05) is 88.4 Å². The maximum atomic E-state index is 2.48. The fourth-order valence-electron chi connectivity index (χ4n) is 2.85. The van der Waals surface area contributed by atoms with Crippen LogP contribution in [0.5, 0.6) is 0 Å². The molecule has 0 radical (unpaired) electrons. The molecule has 0 heterocycles. The summed E-state index contributed by atoms with van der Waals surface area (Å²) in [6, 6.07) is 21.4. The highest BCUT2D eigenvalue weighted by molar-refractivity contribution is 5.79. The van der Waals surface area contributed by atoms with Gasteiger partial charge in [0.2, 0.25) is 0 Å². The van der Waals surface area contributed by atoms with Crippen LogP contribution >= 0.6 is 0 Å². The molecule has 0 aliphatic carbocycles. The monoisotopic (exact) mass is 307 g/mol. The molecule has 0 spiro atoms. The highest BCUT2D eigenvalue weighted by Gasteiger charge is 2.10. The molecule has 0 N–H and O–H groups in total. The second-order valence-electron chi connectivity index (χ2n) is 7.02. The van der Waals surface area contributed by atoms with Crippen LogP contribution in [0, 0.1) is 11.8 Å². The van der Waals surface area contributed by atoms with Crippen molar-refractivity contribution in [3.05, 3.63) is 78.0 Å². The molecule has 1 heteroatoms. The molecule has 0 saturated carbocycles. The van der Waals surface area contributed by atoms with E-state index in [9.17, 15) is 0 Å². The fraction of sp³-hybridized carbons (Fsp3) is 0.364. The Balaban J connectivity index is 2.42. The van der Waals surface area contributed by atoms with E-state index in [4.69, 9.17) is 0 Å². The molecule has 0 saturated heterocycles. The zero-order valence-electron chi connectivity index (χ0n) is 14.9. The lowest BCUT2D eigenvalue weighted by Crippen LogP contribution is -2.27. The van der Waals surface area contributed by atoms with Gasteiger partial charge in [0.1, 0.15) is 0 Å². The standard InChI is InChI=1S/C22H29N/c1-18(2)15-23(16-19(3)4)17-22(20-11-7-5-8-12-20)21-13-9-6-10-14-21/h5-14,17-19H,15-16H2,1-4H3. The van der Waals surface area contributed by atoms with Gasteiger partial charge in [0, 0.05) is 24.9 Å². The number of nitrogens with zero attached hydrogens (tertiary/aromatic N) is 1. The van der Waals surface area contributed by atoms with Gasteiger partial charge < -0.3 is 4.90 Å². The van der Waals surface area contributed by atoms with Gasteiger partial charge in [0.25, 0.3) is 0 Å². The van der Waals surface area contributed by atoms with E-state index >= 15 is 0 Å². The number of rotatable bonds is 7. The summed E-state index contributed by atoms with van der Waals surface area (Å²) in [5, 5.41) is 0. The second-order valence-corrected chi connectivity index (χ2v) is 7.02. The van der Waals surface area contributed by atoms with E-state index in [1.165, 1.54) is 16.7 Å². The van der Waals surface area contributed by atoms with Gasteiger partial charge in [-0.3, -0.25) is 0 Å². The molecule has 2 rings (SSSR count). The molecule has 2 aromatic carbocycles. The van der Waals surface area contributed by atoms with E-state index in [0.717, 1.165) is 13.1 Å². The quantitative estimate of drug-likeness (QED) is 0.635. The molecule has 0 aliphatic rings. The maximum absolute atomic E-state index is 2.48. The summed E-state index contributed by atoms with van der Waals surface area (Å²) in [7, 11) is 0. The van der Waals surface area contributed by atoms with Crippen molar-refractivity contribution in [1.82, 2.24) is 4.90 Å². The van der Waals surface area contributed by atoms with Crippen LogP contribution in [0.15, 0.2) is 66.9 Å². The third-order valence-corrected chi connectivity index (χ3v) is 3.68. The second kappa shape index (κ2) is 8.57. The van der Waals surface area contributed by atoms with Crippen molar-refractivity contribution in [2.45, 2.75) is 27.7 Å². The molecule has 0 fully saturated rings. The molecule has 0 aromatic heterocycles. The van der Waals surface area contributed by atoms with Crippen LogP contribution in [-0.4, -0.2) is 18.0 Å². The predicted octanol–water partition coefficient (Wildman–Crippen LogP) is 5.69. The molecule has 0 aliphatic heterocycles. The van der Waals surface area contributed by atoms with Gasteiger partial charge in [-0.2, -0.15) is 0 Å². The average Bonchev–Trinajstić information content (AvgIpc) is 2.53. The zero-order valence-corrected chi connectivity index (χ0v) is 14.9. The van der Waals surface area contributed by atoms with Crippen LogP contribution in [0.2, 0.25) is 0 Å². The van der Waals surface area contributed by atoms with E-state index in [1.54, 1.807) is 0 Å². The van der Waals surface area contributed by atoms with Gasteiger partial charge in [0.05, 0.1) is 0 Å². The van der Waals surface area contributed by atoms with Crippen LogP contribution in [-0.2, 0) is 0 Å². The Labute approximate surface area is 141 Å². The Morgan fingerprint density at radius 1 is 0.739 bits per heavy atom. The highest BCUT2D eigenvalue weighted by atomic mass is 15.1. The van der Waals surface area contributed by atoms with Gasteiger partial charge in [-0.05, 0) is 23.0 Å². The molecule has 0 amide bonds. The van der Waals surface area contributed by atoms with Crippen LogP contribution in [0.1, 0.15) is 38.8 Å². The summed E-state index contributed by atoms with van der Waals surface area (Å²) in [4.78, 5) is 2.48. The third-order valence-electron chi connectivity index (χ3n) is 3.68. The number of hydrogen-bond donors (Lipinski definition) is 0. The van der Waals surface area contributed by atoms with Gasteiger partial charge in [0.15, 0.2) is 0 Å². The molecule has 0 unspecified atom stereocenters. The lowest BCUT2D eigenvalue weighted by molar-refractivity contribution is 0.297. The molecule has 2 aromatic rings. The lowest BCUT2D eigenvalue weighted by Gasteiger charge is -2.26. The van der Waals surface area contributed by atoms with Crippen molar-refractivity contribution in [3.8, 4) is 0 Å². The van der Waals surface area contributed by atoms with E-state index in [2.05, 4.69) is 99.5 Å². The minimum Gasteiger partial charge on any atom is -0.376 e. The Morgan fingerprint density at radius 2 is 1.13 bits per heavy atom. The molecule has 122 valence electrons. The first-order valence-electron chi connectivity index (χ1n) is 8.63. The summed E-state index contributed by atoms with van der Waals surface area (Å²) in [5.41, 5.74) is 3.85. The Morgan fingerprint density at radius 3 is 1.48 bits per heavy atom.